The van der Waals surface area contributed by atoms with Gasteiger partial charge in [0.05, 0.1) is 11.8 Å². The normalized spacial score (nSPS) is 15.1. The molecule has 1 atom stereocenters. The summed E-state index contributed by atoms with van der Waals surface area (Å²) in [5, 5.41) is 16.0. The molecule has 1 fully saturated rings. The van der Waals surface area contributed by atoms with Crippen LogP contribution in [-0.2, 0) is 23.2 Å². The van der Waals surface area contributed by atoms with Crippen molar-refractivity contribution in [3.8, 4) is 11.3 Å². The van der Waals surface area contributed by atoms with Gasteiger partial charge in [-0.05, 0) is 29.0 Å². The molecule has 0 radical (unpaired) electrons. The van der Waals surface area contributed by atoms with E-state index in [2.05, 4.69) is 31.2 Å². The van der Waals surface area contributed by atoms with Crippen molar-refractivity contribution in [2.75, 3.05) is 13.1 Å². The Morgan fingerprint density at radius 1 is 1.26 bits per heavy atom. The quantitative estimate of drug-likeness (QED) is 0.489. The number of aliphatic hydroxyl groups excluding tert-OH is 1. The van der Waals surface area contributed by atoms with E-state index in [-0.39, 0.29) is 75.0 Å². The summed E-state index contributed by atoms with van der Waals surface area (Å²) in [4.78, 5) is 23.5. The van der Waals surface area contributed by atoms with E-state index in [0.29, 0.717) is 25.9 Å². The largest absolute Gasteiger partial charge is 1.00 e. The first-order chi connectivity index (χ1) is 13.7. The number of nitrogens with two attached hydrogens (primary N) is 1. The van der Waals surface area contributed by atoms with Crippen molar-refractivity contribution < 1.29 is 66.1 Å². The first-order valence-corrected chi connectivity index (χ1v) is 9.90. The van der Waals surface area contributed by atoms with Crippen LogP contribution in [0.25, 0.3) is 17.4 Å². The Morgan fingerprint density at radius 3 is 2.35 bits per heavy atom. The number of aryl methyl sites for hydroxylation is 1. The fraction of sp³-hybridized carbons (Fsp3) is 0.500. The van der Waals surface area contributed by atoms with Gasteiger partial charge >= 0.3 is 51.4 Å². The Balaban J connectivity index is 0.000000557. The van der Waals surface area contributed by atoms with Crippen molar-refractivity contribution in [1.82, 2.24) is 20.0 Å². The number of nitrogens with zero attached hydrogens (tertiary/aromatic N) is 3. The summed E-state index contributed by atoms with van der Waals surface area (Å²) >= 11 is 0. The smallest absolute Gasteiger partial charge is 0.693 e. The molecule has 31 heavy (non-hydrogen) atoms. The maximum absolute atomic E-state index is 11.6. The van der Waals surface area contributed by atoms with Gasteiger partial charge in [-0.1, -0.05) is 45.0 Å². The summed E-state index contributed by atoms with van der Waals surface area (Å²) in [6, 6.07) is 10.0. The Labute approximate surface area is 227 Å². The van der Waals surface area contributed by atoms with Crippen molar-refractivity contribution in [3.05, 3.63) is 48.2 Å². The molecule has 0 aliphatic carbocycles. The van der Waals surface area contributed by atoms with E-state index in [1.165, 1.54) is 0 Å². The van der Waals surface area contributed by atoms with E-state index in [4.69, 9.17) is 0 Å². The van der Waals surface area contributed by atoms with Gasteiger partial charge < -0.3 is 21.5 Å². The number of hydrogen-bond donors (Lipinski definition) is 2. The molecule has 2 amide bonds. The van der Waals surface area contributed by atoms with Crippen molar-refractivity contribution in [2.45, 2.75) is 46.3 Å². The zero-order chi connectivity index (χ0) is 21.4. The van der Waals surface area contributed by atoms with Crippen LogP contribution in [0.2, 0.25) is 0 Å². The molecule has 0 saturated carbocycles. The molecule has 1 aromatic heterocycles. The number of likely N-dealkylation sites (tertiary alicyclic amines) is 1. The van der Waals surface area contributed by atoms with E-state index in [9.17, 15) is 14.7 Å². The van der Waals surface area contributed by atoms with Crippen LogP contribution in [0.4, 0.5) is 0 Å². The molecule has 1 aliphatic heterocycles. The van der Waals surface area contributed by atoms with Crippen LogP contribution in [0, 0.1) is 5.41 Å². The number of amides is 2. The van der Waals surface area contributed by atoms with Gasteiger partial charge in [-0.3, -0.25) is 14.3 Å². The first kappa shape index (κ1) is 29.9. The molecule has 0 spiro atoms. The summed E-state index contributed by atoms with van der Waals surface area (Å²) in [6.45, 7) is 7.96. The number of nitrogens with one attached hydrogen (secondary N) is 1. The number of carbonyl (C=O) groups excluding carboxylic acids is 2. The molecule has 2 aromatic rings. The number of β-amino-alcohol motifs (C(OH)–C–C–N with tert-alkyl or cyclic N) is 1. The number of aromatic nitrogens is 2. The van der Waals surface area contributed by atoms with Crippen molar-refractivity contribution >= 4 is 12.3 Å². The number of hydrogen-bond acceptors (Lipinski definition) is 4. The third-order valence-electron chi connectivity index (χ3n) is 4.66. The van der Waals surface area contributed by atoms with Crippen LogP contribution >= 0.6 is 0 Å². The second kappa shape index (κ2) is 14.2. The van der Waals surface area contributed by atoms with Gasteiger partial charge in [-0.25, -0.2) is 0 Å². The maximum atomic E-state index is 11.6. The fourth-order valence-corrected chi connectivity index (χ4v) is 3.14. The maximum Gasteiger partial charge on any atom is 1.00 e. The molecule has 9 heteroatoms. The molecule has 4 N–H and O–H groups in total. The third kappa shape index (κ3) is 10.4. The standard InChI is InChI=1S/C12H13N3O.C10H19NO2.K.H2N/c1-15-12(6-7-14-15)11-4-2-10(3-5-11)8-13-9-16;1-10(2,3)6-9(13)11-5-4-8(12)7-11;;/h2-7,9H,8H2,1H3,(H,13,16);8,12H,4-7H2,1-3H3;;1H2/q;;+1;-1. The molecular formula is C22H34KN5O3. The number of rotatable bonds is 5. The molecule has 3 rings (SSSR count). The summed E-state index contributed by atoms with van der Waals surface area (Å²) in [7, 11) is 1.91. The monoisotopic (exact) mass is 455 g/mol. The van der Waals surface area contributed by atoms with Gasteiger partial charge in [-0.2, -0.15) is 5.10 Å². The zero-order valence-electron chi connectivity index (χ0n) is 19.3. The minimum atomic E-state index is -0.302. The summed E-state index contributed by atoms with van der Waals surface area (Å²) in [6.07, 6.45) is 3.48. The first-order valence-electron chi connectivity index (χ1n) is 9.90. The molecule has 1 unspecified atom stereocenters. The van der Waals surface area contributed by atoms with Crippen LogP contribution in [0.1, 0.15) is 39.2 Å². The van der Waals surface area contributed by atoms with Gasteiger partial charge in [0.25, 0.3) is 0 Å². The van der Waals surface area contributed by atoms with Crippen molar-refractivity contribution in [1.29, 1.82) is 0 Å². The predicted octanol–water partition coefficient (Wildman–Crippen LogP) is 0.0700. The van der Waals surface area contributed by atoms with Crippen molar-refractivity contribution in [3.63, 3.8) is 0 Å². The molecule has 1 aliphatic rings. The topological polar surface area (TPSA) is 121 Å². The Hall–Kier alpha value is -1.07. The number of aliphatic hydroxyl groups is 1. The Kier molecular flexibility index (Phi) is 13.7. The Morgan fingerprint density at radius 2 is 1.90 bits per heavy atom. The second-order valence-electron chi connectivity index (χ2n) is 8.56. The van der Waals surface area contributed by atoms with E-state index in [1.807, 2.05) is 42.1 Å². The van der Waals surface area contributed by atoms with Crippen LogP contribution in [0.5, 0.6) is 0 Å². The molecule has 1 aromatic carbocycles. The van der Waals surface area contributed by atoms with Gasteiger partial charge in [0, 0.05) is 39.3 Å². The van der Waals surface area contributed by atoms with Crippen LogP contribution in [-0.4, -0.2) is 51.3 Å². The van der Waals surface area contributed by atoms with Crippen LogP contribution in [0.15, 0.2) is 36.5 Å². The van der Waals surface area contributed by atoms with Gasteiger partial charge in [0.2, 0.25) is 12.3 Å². The molecule has 0 bridgehead atoms. The van der Waals surface area contributed by atoms with Gasteiger partial charge in [0.1, 0.15) is 0 Å². The third-order valence-corrected chi connectivity index (χ3v) is 4.66. The van der Waals surface area contributed by atoms with Gasteiger partial charge in [0.15, 0.2) is 0 Å². The zero-order valence-corrected chi connectivity index (χ0v) is 22.5. The van der Waals surface area contributed by atoms with Crippen LogP contribution in [0.3, 0.4) is 0 Å². The molecule has 1 saturated heterocycles. The average Bonchev–Trinajstić information content (AvgIpc) is 3.28. The van der Waals surface area contributed by atoms with Gasteiger partial charge in [-0.15, -0.1) is 0 Å². The summed E-state index contributed by atoms with van der Waals surface area (Å²) < 4.78 is 1.83. The molecule has 8 nitrogen and oxygen atoms in total. The fourth-order valence-electron chi connectivity index (χ4n) is 3.14. The molecule has 166 valence electrons. The van der Waals surface area contributed by atoms with Crippen LogP contribution < -0.4 is 56.7 Å². The minimum absolute atomic E-state index is 0. The SMILES string of the molecule is CC(C)(C)CC(=O)N1CCC(O)C1.Cn1nccc1-c1ccc(CNC=O)cc1.[K+].[NH2-]. The second-order valence-corrected chi connectivity index (χ2v) is 8.56. The molecule has 2 heterocycles. The molecular weight excluding hydrogens is 421 g/mol. The van der Waals surface area contributed by atoms with E-state index in [1.54, 1.807) is 11.1 Å². The summed E-state index contributed by atoms with van der Waals surface area (Å²) in [5.74, 6) is 0.170. The summed E-state index contributed by atoms with van der Waals surface area (Å²) in [5.41, 5.74) is 3.33. The minimum Gasteiger partial charge on any atom is -0.693 e. The van der Waals surface area contributed by atoms with E-state index >= 15 is 0 Å². The van der Waals surface area contributed by atoms with E-state index < -0.39 is 0 Å². The number of benzene rings is 1. The van der Waals surface area contributed by atoms with E-state index in [0.717, 1.165) is 29.8 Å². The number of carbonyl (C=O) groups is 2. The average molecular weight is 456 g/mol. The van der Waals surface area contributed by atoms with Crippen molar-refractivity contribution in [2.24, 2.45) is 12.5 Å². The Bertz CT molecular complexity index is 802. The predicted molar refractivity (Wildman–Crippen MR) is 118 cm³/mol.